The fraction of sp³-hybridized carbons (Fsp3) is 0.941. The molecule has 0 bridgehead atoms. The van der Waals surface area contributed by atoms with Crippen LogP contribution in [0.2, 0.25) is 0 Å². The third-order valence-corrected chi connectivity index (χ3v) is 4.86. The normalized spacial score (nSPS) is 28.1. The monoisotopic (exact) mass is 280 g/mol. The van der Waals surface area contributed by atoms with Crippen LogP contribution >= 0.6 is 0 Å². The topological polar surface area (TPSA) is 32.3 Å². The van der Waals surface area contributed by atoms with Crippen LogP contribution in [0.15, 0.2) is 0 Å². The number of rotatable bonds is 9. The molecular formula is C17H32N2O. The Balaban J connectivity index is 2.02. The van der Waals surface area contributed by atoms with E-state index in [-0.39, 0.29) is 12.2 Å². The summed E-state index contributed by atoms with van der Waals surface area (Å²) in [4.78, 5) is 15.0. The number of unbranched alkanes of at least 4 members (excludes halogenated alkanes) is 1. The minimum Gasteiger partial charge on any atom is -0.323 e. The Hall–Kier alpha value is -0.570. The van der Waals surface area contributed by atoms with Gasteiger partial charge in [0.25, 0.3) is 0 Å². The van der Waals surface area contributed by atoms with Crippen molar-refractivity contribution in [2.75, 3.05) is 0 Å². The van der Waals surface area contributed by atoms with E-state index in [1.807, 2.05) is 0 Å². The summed E-state index contributed by atoms with van der Waals surface area (Å²) in [5.41, 5.74) is 0. The highest BCUT2D eigenvalue weighted by atomic mass is 16.2. The second-order valence-electron chi connectivity index (χ2n) is 6.65. The molecule has 116 valence electrons. The Morgan fingerprint density at radius 1 is 1.20 bits per heavy atom. The summed E-state index contributed by atoms with van der Waals surface area (Å²) in [6.07, 6.45) is 10.9. The number of hydrogen-bond donors (Lipinski definition) is 1. The molecule has 3 atom stereocenters. The van der Waals surface area contributed by atoms with Crippen LogP contribution in [0.3, 0.4) is 0 Å². The van der Waals surface area contributed by atoms with Gasteiger partial charge in [-0.2, -0.15) is 0 Å². The molecule has 1 heterocycles. The first kappa shape index (κ1) is 15.8. The molecular weight excluding hydrogens is 248 g/mol. The van der Waals surface area contributed by atoms with E-state index < -0.39 is 0 Å². The molecule has 2 rings (SSSR count). The van der Waals surface area contributed by atoms with E-state index in [9.17, 15) is 4.79 Å². The first-order valence-electron chi connectivity index (χ1n) is 8.79. The predicted molar refractivity (Wildman–Crippen MR) is 83.4 cm³/mol. The quantitative estimate of drug-likeness (QED) is 0.698. The largest absolute Gasteiger partial charge is 0.323 e. The smallest absolute Gasteiger partial charge is 0.241 e. The van der Waals surface area contributed by atoms with E-state index in [1.54, 1.807) is 0 Å². The Morgan fingerprint density at radius 3 is 2.50 bits per heavy atom. The fourth-order valence-electron chi connectivity index (χ4n) is 3.48. The van der Waals surface area contributed by atoms with Gasteiger partial charge in [0.15, 0.2) is 0 Å². The minimum absolute atomic E-state index is 0.0831. The maximum atomic E-state index is 12.8. The summed E-state index contributed by atoms with van der Waals surface area (Å²) >= 11 is 0. The number of amides is 1. The van der Waals surface area contributed by atoms with Crippen molar-refractivity contribution in [3.8, 4) is 0 Å². The van der Waals surface area contributed by atoms with Gasteiger partial charge in [-0.3, -0.25) is 10.1 Å². The Labute approximate surface area is 124 Å². The average Bonchev–Trinajstić information content (AvgIpc) is 3.21. The molecule has 1 aliphatic carbocycles. The highest BCUT2D eigenvalue weighted by Crippen LogP contribution is 2.37. The number of nitrogens with one attached hydrogen (secondary N) is 1. The molecule has 2 aliphatic rings. The summed E-state index contributed by atoms with van der Waals surface area (Å²) < 4.78 is 0. The molecule has 0 radical (unpaired) electrons. The Bertz CT molecular complexity index is 314. The van der Waals surface area contributed by atoms with Gasteiger partial charge in [-0.05, 0) is 31.6 Å². The third kappa shape index (κ3) is 3.75. The van der Waals surface area contributed by atoms with E-state index in [1.165, 1.54) is 25.7 Å². The van der Waals surface area contributed by atoms with Crippen LogP contribution in [0.1, 0.15) is 78.6 Å². The van der Waals surface area contributed by atoms with Gasteiger partial charge in [0.05, 0.1) is 12.2 Å². The highest BCUT2D eigenvalue weighted by molar-refractivity contribution is 5.84. The third-order valence-electron chi connectivity index (χ3n) is 4.86. The zero-order valence-electron chi connectivity index (χ0n) is 13.5. The second kappa shape index (κ2) is 7.44. The predicted octanol–water partition coefficient (Wildman–Crippen LogP) is 3.68. The van der Waals surface area contributed by atoms with Crippen LogP contribution in [-0.2, 0) is 4.79 Å². The molecule has 1 saturated carbocycles. The van der Waals surface area contributed by atoms with E-state index in [4.69, 9.17) is 0 Å². The maximum absolute atomic E-state index is 12.8. The Morgan fingerprint density at radius 2 is 1.95 bits per heavy atom. The lowest BCUT2D eigenvalue weighted by Gasteiger charge is -2.32. The van der Waals surface area contributed by atoms with Gasteiger partial charge < -0.3 is 4.90 Å². The van der Waals surface area contributed by atoms with Crippen molar-refractivity contribution in [1.29, 1.82) is 0 Å². The lowest BCUT2D eigenvalue weighted by Crippen LogP contribution is -2.44. The van der Waals surface area contributed by atoms with Crippen molar-refractivity contribution < 1.29 is 4.79 Å². The summed E-state index contributed by atoms with van der Waals surface area (Å²) in [5, 5.41) is 3.61. The van der Waals surface area contributed by atoms with Gasteiger partial charge in [0.1, 0.15) is 0 Å². The molecule has 2 fully saturated rings. The van der Waals surface area contributed by atoms with Crippen molar-refractivity contribution in [2.24, 2.45) is 5.92 Å². The molecule has 20 heavy (non-hydrogen) atoms. The molecule has 1 amide bonds. The van der Waals surface area contributed by atoms with Gasteiger partial charge in [-0.1, -0.05) is 52.9 Å². The van der Waals surface area contributed by atoms with Crippen LogP contribution in [0.5, 0.6) is 0 Å². The lowest BCUT2D eigenvalue weighted by atomic mass is 10.0. The SMILES string of the molecule is CCCCC1NC(CCC)N(C(CC)CC2CC2)C1=O. The van der Waals surface area contributed by atoms with Crippen molar-refractivity contribution in [3.63, 3.8) is 0 Å². The average molecular weight is 280 g/mol. The van der Waals surface area contributed by atoms with Crippen LogP contribution < -0.4 is 5.32 Å². The molecule has 3 nitrogen and oxygen atoms in total. The standard InChI is InChI=1S/C17H32N2O/c1-4-7-9-15-17(20)19(16(18-15)8-5-2)14(6-3)12-13-10-11-13/h13-16,18H,4-12H2,1-3H3. The molecule has 0 aromatic heterocycles. The van der Waals surface area contributed by atoms with Crippen LogP contribution in [0.25, 0.3) is 0 Å². The zero-order chi connectivity index (χ0) is 14.5. The molecule has 3 heteroatoms. The first-order valence-corrected chi connectivity index (χ1v) is 8.79. The van der Waals surface area contributed by atoms with E-state index in [0.29, 0.717) is 11.9 Å². The van der Waals surface area contributed by atoms with Crippen LogP contribution in [0, 0.1) is 5.92 Å². The molecule has 1 saturated heterocycles. The molecule has 1 N–H and O–H groups in total. The zero-order valence-corrected chi connectivity index (χ0v) is 13.5. The molecule has 0 aromatic rings. The van der Waals surface area contributed by atoms with E-state index >= 15 is 0 Å². The minimum atomic E-state index is 0.0831. The van der Waals surface area contributed by atoms with Crippen LogP contribution in [0.4, 0.5) is 0 Å². The van der Waals surface area contributed by atoms with Crippen molar-refractivity contribution in [3.05, 3.63) is 0 Å². The van der Waals surface area contributed by atoms with E-state index in [0.717, 1.165) is 38.0 Å². The van der Waals surface area contributed by atoms with Crippen molar-refractivity contribution >= 4 is 5.91 Å². The highest BCUT2D eigenvalue weighted by Gasteiger charge is 2.42. The molecule has 1 aliphatic heterocycles. The van der Waals surface area contributed by atoms with Gasteiger partial charge in [-0.15, -0.1) is 0 Å². The number of hydrogen-bond acceptors (Lipinski definition) is 2. The molecule has 0 spiro atoms. The fourth-order valence-corrected chi connectivity index (χ4v) is 3.48. The van der Waals surface area contributed by atoms with Crippen molar-refractivity contribution in [1.82, 2.24) is 10.2 Å². The van der Waals surface area contributed by atoms with Gasteiger partial charge in [-0.25, -0.2) is 0 Å². The van der Waals surface area contributed by atoms with E-state index in [2.05, 4.69) is 31.0 Å². The summed E-state index contributed by atoms with van der Waals surface area (Å²) in [6.45, 7) is 6.65. The Kier molecular flexibility index (Phi) is 5.88. The van der Waals surface area contributed by atoms with Gasteiger partial charge in [0, 0.05) is 6.04 Å². The summed E-state index contributed by atoms with van der Waals surface area (Å²) in [5.74, 6) is 1.27. The number of nitrogens with zero attached hydrogens (tertiary/aromatic N) is 1. The van der Waals surface area contributed by atoms with Crippen molar-refractivity contribution in [2.45, 2.75) is 96.8 Å². The van der Waals surface area contributed by atoms with Gasteiger partial charge >= 0.3 is 0 Å². The molecule has 3 unspecified atom stereocenters. The van der Waals surface area contributed by atoms with Crippen LogP contribution in [-0.4, -0.2) is 29.1 Å². The summed E-state index contributed by atoms with van der Waals surface area (Å²) in [6, 6.07) is 0.547. The first-order chi connectivity index (χ1) is 9.71. The number of carbonyl (C=O) groups is 1. The lowest BCUT2D eigenvalue weighted by molar-refractivity contribution is -0.132. The molecule has 0 aromatic carbocycles. The maximum Gasteiger partial charge on any atom is 0.241 e. The second-order valence-corrected chi connectivity index (χ2v) is 6.65. The summed E-state index contributed by atoms with van der Waals surface area (Å²) in [7, 11) is 0. The number of carbonyl (C=O) groups excluding carboxylic acids is 1. The van der Waals surface area contributed by atoms with Gasteiger partial charge in [0.2, 0.25) is 5.91 Å².